The Morgan fingerprint density at radius 1 is 1.25 bits per heavy atom. The molecule has 0 spiro atoms. The van der Waals surface area contributed by atoms with Crippen molar-refractivity contribution in [3.05, 3.63) is 46.5 Å². The monoisotopic (exact) mass is 751 g/mol. The molecule has 3 heterocycles. The van der Waals surface area contributed by atoms with Crippen molar-refractivity contribution in [2.45, 2.75) is 102 Å². The maximum absolute atomic E-state index is 14.0. The maximum Gasteiger partial charge on any atom is 0.409 e. The first-order valence-corrected chi connectivity index (χ1v) is 17.9. The fourth-order valence-corrected chi connectivity index (χ4v) is 7.26. The lowest BCUT2D eigenvalue weighted by molar-refractivity contribution is -0.159. The summed E-state index contributed by atoms with van der Waals surface area (Å²) in [6.45, 7) is 7.16. The molecule has 3 amide bonds. The van der Waals surface area contributed by atoms with Gasteiger partial charge in [0.2, 0.25) is 11.8 Å². The van der Waals surface area contributed by atoms with Gasteiger partial charge in [-0.1, -0.05) is 42.3 Å². The van der Waals surface area contributed by atoms with E-state index in [-0.39, 0.29) is 42.5 Å². The van der Waals surface area contributed by atoms with Crippen LogP contribution >= 0.6 is 24.2 Å². The number of benzene rings is 1. The van der Waals surface area contributed by atoms with E-state index in [0.29, 0.717) is 23.6 Å². The second-order valence-electron chi connectivity index (χ2n) is 13.8. The second kappa shape index (κ2) is 16.6. The fraction of sp³-hybridized carbons (Fsp3) is 0.611. The van der Waals surface area contributed by atoms with Gasteiger partial charge in [0.15, 0.2) is 5.72 Å². The van der Waals surface area contributed by atoms with E-state index in [1.807, 2.05) is 26.8 Å². The van der Waals surface area contributed by atoms with Gasteiger partial charge < -0.3 is 38.6 Å². The number of hydrogen-bond donors (Lipinski definition) is 3. The number of halogens is 1. The summed E-state index contributed by atoms with van der Waals surface area (Å²) in [5, 5.41) is 14.4. The predicted molar refractivity (Wildman–Crippen MR) is 194 cm³/mol. The van der Waals surface area contributed by atoms with Gasteiger partial charge in [0.05, 0.1) is 30.9 Å². The normalized spacial score (nSPS) is 32.2. The molecule has 0 aromatic heterocycles. The molecule has 3 aliphatic rings. The molecule has 2 N–H and O–H groups in total. The van der Waals surface area contributed by atoms with Crippen molar-refractivity contribution in [3.63, 3.8) is 0 Å². The van der Waals surface area contributed by atoms with E-state index in [9.17, 15) is 24.3 Å². The molecule has 4 rings (SSSR count). The number of thiol groups is 1. The highest BCUT2D eigenvalue weighted by atomic mass is 35.5. The number of carbonyl (C=O) groups excluding carboxylic acids is 4. The first kappa shape index (κ1) is 40.5. The molecule has 2 fully saturated rings. The second-order valence-corrected chi connectivity index (χ2v) is 14.7. The number of methoxy groups -OCH3 is 2. The minimum atomic E-state index is -1.78. The van der Waals surface area contributed by atoms with Gasteiger partial charge in [0.1, 0.15) is 35.1 Å². The zero-order valence-electron chi connectivity index (χ0n) is 30.4. The first-order chi connectivity index (χ1) is 24.0. The molecule has 51 heavy (non-hydrogen) atoms. The number of likely N-dealkylation sites (N-methyl/N-ethyl adjacent to an activating group) is 1. The highest BCUT2D eigenvalue weighted by Crippen LogP contribution is 2.48. The lowest BCUT2D eigenvalue weighted by Gasteiger charge is -2.42. The number of carbonyl (C=O) groups is 4. The van der Waals surface area contributed by atoms with E-state index < -0.39 is 59.8 Å². The number of allylic oxidation sites excluding steroid dienone is 3. The fourth-order valence-electron chi connectivity index (χ4n) is 6.75. The minimum absolute atomic E-state index is 0.000589. The molecule has 3 aliphatic heterocycles. The maximum atomic E-state index is 14.0. The molecular weight excluding hydrogens is 702 g/mol. The Morgan fingerprint density at radius 3 is 2.61 bits per heavy atom. The molecular formula is C36H50ClN3O10S. The number of aliphatic hydroxyl groups is 1. The average molecular weight is 752 g/mol. The Bertz CT molecular complexity index is 1560. The molecule has 1 aromatic carbocycles. The van der Waals surface area contributed by atoms with E-state index in [0.717, 1.165) is 11.1 Å². The number of alkyl carbamates (subject to hydrolysis) is 1. The largest absolute Gasteiger partial charge is 0.495 e. The highest BCUT2D eigenvalue weighted by molar-refractivity contribution is 7.80. The lowest BCUT2D eigenvalue weighted by Crippen LogP contribution is -2.63. The summed E-state index contributed by atoms with van der Waals surface area (Å²) in [4.78, 5) is 55.4. The Morgan fingerprint density at radius 2 is 1.96 bits per heavy atom. The SMILES string of the molecule is COc1cc2cc(c1Cl)N(C)C(=O)C[C@H](OC(=O)[C@H](C)N(C)C(=O)CCS)C[C@]1(C)O[C@H]1[C@H](C)[C@@H]1C[C@@](O)(NC(=O)O1)[C@H](OC)/C=C/C=C(\C)C2. The molecule has 2 saturated heterocycles. The van der Waals surface area contributed by atoms with E-state index >= 15 is 0 Å². The zero-order chi connectivity index (χ0) is 37.8. The van der Waals surface area contributed by atoms with Crippen molar-refractivity contribution >= 4 is 53.8 Å². The topological polar surface area (TPSA) is 156 Å². The predicted octanol–water partition coefficient (Wildman–Crippen LogP) is 4.22. The number of amides is 3. The number of rotatable bonds is 7. The summed E-state index contributed by atoms with van der Waals surface area (Å²) in [7, 11) is 6.04. The van der Waals surface area contributed by atoms with Gasteiger partial charge >= 0.3 is 12.1 Å². The number of ether oxygens (including phenoxy) is 5. The quantitative estimate of drug-likeness (QED) is 0.210. The van der Waals surface area contributed by atoms with Crippen LogP contribution in [0.25, 0.3) is 0 Å². The van der Waals surface area contributed by atoms with Gasteiger partial charge in [0.25, 0.3) is 0 Å². The third-order valence-corrected chi connectivity index (χ3v) is 10.6. The van der Waals surface area contributed by atoms with E-state index in [1.54, 1.807) is 38.3 Å². The van der Waals surface area contributed by atoms with Crippen LogP contribution in [0.2, 0.25) is 5.02 Å². The van der Waals surface area contributed by atoms with Crippen molar-refractivity contribution < 1.29 is 48.0 Å². The Labute approximate surface area is 310 Å². The average Bonchev–Trinajstić information content (AvgIpc) is 3.74. The Hall–Kier alpha value is -3.30. The van der Waals surface area contributed by atoms with Crippen molar-refractivity contribution in [3.8, 4) is 5.75 Å². The molecule has 15 heteroatoms. The van der Waals surface area contributed by atoms with Crippen LogP contribution in [0.4, 0.5) is 10.5 Å². The van der Waals surface area contributed by atoms with Crippen LogP contribution in [0.3, 0.4) is 0 Å². The summed E-state index contributed by atoms with van der Waals surface area (Å²) in [6, 6.07) is 2.66. The van der Waals surface area contributed by atoms with Crippen LogP contribution in [0, 0.1) is 5.92 Å². The zero-order valence-corrected chi connectivity index (χ0v) is 32.1. The summed E-state index contributed by atoms with van der Waals surface area (Å²) in [5.41, 5.74) is -0.524. The molecule has 4 bridgehead atoms. The minimum Gasteiger partial charge on any atom is -0.495 e. The molecule has 0 unspecified atom stereocenters. The van der Waals surface area contributed by atoms with Crippen molar-refractivity contribution in [1.82, 2.24) is 10.2 Å². The van der Waals surface area contributed by atoms with Gasteiger partial charge in [-0.05, 0) is 50.6 Å². The smallest absolute Gasteiger partial charge is 0.409 e. The summed E-state index contributed by atoms with van der Waals surface area (Å²) in [6.07, 6.45) is 1.85. The van der Waals surface area contributed by atoms with Crippen molar-refractivity contribution in [2.75, 3.05) is 39.0 Å². The van der Waals surface area contributed by atoms with Crippen LogP contribution in [-0.2, 0) is 39.8 Å². The molecule has 0 saturated carbocycles. The van der Waals surface area contributed by atoms with E-state index in [4.69, 9.17) is 35.3 Å². The van der Waals surface area contributed by atoms with Crippen LogP contribution in [-0.4, -0.2) is 110 Å². The molecule has 1 aromatic rings. The van der Waals surface area contributed by atoms with Gasteiger partial charge in [-0.2, -0.15) is 12.6 Å². The van der Waals surface area contributed by atoms with E-state index in [1.165, 1.54) is 31.1 Å². The van der Waals surface area contributed by atoms with Crippen molar-refractivity contribution in [1.29, 1.82) is 0 Å². The first-order valence-electron chi connectivity index (χ1n) is 16.9. The molecule has 8 atom stereocenters. The third-order valence-electron chi connectivity index (χ3n) is 9.96. The standard InChI is InChI=1S/C36H50ClN3O10S/c1-20-10-9-11-28(47-8)36(45)19-27(49-34(44)38-36)21(2)32-35(4,50-32)18-24(48-33(43)22(3)39(5)29(41)12-13-51)17-30(42)40(6)25-15-23(14-20)16-26(46-7)31(25)37/h9-11,15-16,21-22,24,27-28,32,45,51H,12-14,17-19H2,1-8H3,(H,38,44)/b11-9+,20-10+/t21-,22+,24+,27+,28-,32+,35+,36+/m1/s1. The Balaban J connectivity index is 1.74. The van der Waals surface area contributed by atoms with Gasteiger partial charge in [-0.15, -0.1) is 0 Å². The summed E-state index contributed by atoms with van der Waals surface area (Å²) >= 11 is 10.9. The van der Waals surface area contributed by atoms with Gasteiger partial charge in [-0.3, -0.25) is 14.9 Å². The number of fused-ring (bicyclic) bond motifs is 5. The number of hydrogen-bond acceptors (Lipinski definition) is 11. The van der Waals surface area contributed by atoms with Crippen LogP contribution < -0.4 is 15.0 Å². The van der Waals surface area contributed by atoms with Crippen molar-refractivity contribution in [2.24, 2.45) is 5.92 Å². The number of nitrogens with zero attached hydrogens (tertiary/aromatic N) is 2. The number of epoxide rings is 1. The van der Waals surface area contributed by atoms with Crippen LogP contribution in [0.5, 0.6) is 5.75 Å². The number of esters is 1. The lowest BCUT2D eigenvalue weighted by atomic mass is 9.84. The molecule has 0 aliphatic carbocycles. The molecule has 13 nitrogen and oxygen atoms in total. The van der Waals surface area contributed by atoms with Crippen LogP contribution in [0.1, 0.15) is 58.9 Å². The number of nitrogens with one attached hydrogen (secondary N) is 1. The summed E-state index contributed by atoms with van der Waals surface area (Å²) < 4.78 is 29.0. The van der Waals surface area contributed by atoms with Crippen LogP contribution in [0.15, 0.2) is 35.9 Å². The van der Waals surface area contributed by atoms with Gasteiger partial charge in [-0.25, -0.2) is 9.59 Å². The third kappa shape index (κ3) is 9.39. The summed E-state index contributed by atoms with van der Waals surface area (Å²) in [5.74, 6) is -1.06. The molecule has 0 radical (unpaired) electrons. The molecule has 282 valence electrons. The number of anilines is 1. The van der Waals surface area contributed by atoms with Gasteiger partial charge in [0, 0.05) is 46.4 Å². The Kier molecular flexibility index (Phi) is 13.2. The highest BCUT2D eigenvalue weighted by Gasteiger charge is 2.60. The van der Waals surface area contributed by atoms with E-state index in [2.05, 4.69) is 17.9 Å².